The molecular weight excluding hydrogens is 318 g/mol. The van der Waals surface area contributed by atoms with Gasteiger partial charge in [0.25, 0.3) is 0 Å². The van der Waals surface area contributed by atoms with E-state index in [2.05, 4.69) is 19.1 Å². The van der Waals surface area contributed by atoms with Crippen molar-refractivity contribution in [1.82, 2.24) is 0 Å². The van der Waals surface area contributed by atoms with E-state index in [9.17, 15) is 10.1 Å². The first-order chi connectivity index (χ1) is 12.6. The summed E-state index contributed by atoms with van der Waals surface area (Å²) in [6, 6.07) is 2.47. The molecule has 0 heterocycles. The zero-order chi connectivity index (χ0) is 18.5. The van der Waals surface area contributed by atoms with Crippen molar-refractivity contribution < 1.29 is 4.79 Å². The van der Waals surface area contributed by atoms with E-state index < -0.39 is 0 Å². The second-order valence-corrected chi connectivity index (χ2v) is 9.81. The summed E-state index contributed by atoms with van der Waals surface area (Å²) in [5, 5.41) is 9.25. The van der Waals surface area contributed by atoms with Gasteiger partial charge in [-0.3, -0.25) is 4.79 Å². The lowest BCUT2D eigenvalue weighted by molar-refractivity contribution is -0.116. The number of hydrogen-bond acceptors (Lipinski definition) is 2. The van der Waals surface area contributed by atoms with Crippen LogP contribution in [0.4, 0.5) is 0 Å². The second kappa shape index (κ2) is 6.50. The van der Waals surface area contributed by atoms with Gasteiger partial charge in [0.1, 0.15) is 0 Å². The van der Waals surface area contributed by atoms with Crippen LogP contribution >= 0.6 is 0 Å². The summed E-state index contributed by atoms with van der Waals surface area (Å²) in [5.74, 6) is 4.27. The number of allylic oxidation sites excluding steroid dienone is 1. The van der Waals surface area contributed by atoms with Gasteiger partial charge in [-0.25, -0.2) is 0 Å². The lowest BCUT2D eigenvalue weighted by atomic mass is 9.49. The molecule has 5 rings (SSSR count). The molecule has 6 atom stereocenters. The highest BCUT2D eigenvalue weighted by Gasteiger charge is 2.62. The van der Waals surface area contributed by atoms with Crippen molar-refractivity contribution in [1.29, 1.82) is 5.26 Å². The molecule has 5 aliphatic carbocycles. The zero-order valence-electron chi connectivity index (χ0n) is 16.9. The van der Waals surface area contributed by atoms with Crippen molar-refractivity contribution in [3.8, 4) is 6.07 Å². The Balaban J connectivity index is 0.000000814. The Bertz CT molecular complexity index is 652. The monoisotopic (exact) mass is 353 g/mol. The molecule has 0 N–H and O–H groups in total. The molecule has 2 heteroatoms. The minimum Gasteiger partial charge on any atom is -0.295 e. The Morgan fingerprint density at radius 1 is 1.12 bits per heavy atom. The minimum absolute atomic E-state index is 0.390. The molecule has 0 aromatic rings. The Kier molecular flexibility index (Phi) is 4.57. The van der Waals surface area contributed by atoms with Crippen molar-refractivity contribution in [3.63, 3.8) is 0 Å². The molecule has 4 saturated carbocycles. The topological polar surface area (TPSA) is 40.9 Å². The van der Waals surface area contributed by atoms with Crippen molar-refractivity contribution in [2.24, 2.45) is 40.4 Å². The fraction of sp³-hybridized carbons (Fsp3) is 0.833. The van der Waals surface area contributed by atoms with Gasteiger partial charge < -0.3 is 0 Å². The first kappa shape index (κ1) is 18.3. The number of fused-ring (bicyclic) bond motifs is 6. The Labute approximate surface area is 159 Å². The van der Waals surface area contributed by atoms with E-state index in [0.29, 0.717) is 28.4 Å². The second-order valence-electron chi connectivity index (χ2n) is 9.81. The average molecular weight is 354 g/mol. The van der Waals surface area contributed by atoms with Gasteiger partial charge in [0.05, 0.1) is 6.07 Å². The van der Waals surface area contributed by atoms with E-state index in [-0.39, 0.29) is 0 Å². The van der Waals surface area contributed by atoms with Crippen LogP contribution in [-0.2, 0) is 4.79 Å². The molecule has 26 heavy (non-hydrogen) atoms. The highest BCUT2D eigenvalue weighted by atomic mass is 16.1. The molecule has 0 amide bonds. The van der Waals surface area contributed by atoms with Crippen LogP contribution < -0.4 is 0 Å². The molecule has 1 spiro atoms. The van der Waals surface area contributed by atoms with Gasteiger partial charge in [0.15, 0.2) is 5.78 Å². The average Bonchev–Trinajstić information content (AvgIpc) is 3.34. The highest BCUT2D eigenvalue weighted by Crippen LogP contribution is 2.71. The maximum atomic E-state index is 12.0. The number of carbonyl (C=O) groups is 1. The van der Waals surface area contributed by atoms with Crippen molar-refractivity contribution in [3.05, 3.63) is 11.6 Å². The third-order valence-corrected chi connectivity index (χ3v) is 9.05. The first-order valence-electron chi connectivity index (χ1n) is 11.2. The van der Waals surface area contributed by atoms with E-state index >= 15 is 0 Å². The molecule has 6 unspecified atom stereocenters. The quantitative estimate of drug-likeness (QED) is 0.573. The van der Waals surface area contributed by atoms with Crippen LogP contribution in [0.5, 0.6) is 0 Å². The summed E-state index contributed by atoms with van der Waals surface area (Å²) in [4.78, 5) is 12.0. The number of hydrogen-bond donors (Lipinski definition) is 0. The first-order valence-corrected chi connectivity index (χ1v) is 11.2. The van der Waals surface area contributed by atoms with Gasteiger partial charge in [-0.05, 0) is 97.9 Å². The van der Waals surface area contributed by atoms with E-state index in [1.165, 1.54) is 44.9 Å². The molecule has 0 aromatic carbocycles. The van der Waals surface area contributed by atoms with Gasteiger partial charge in [0.2, 0.25) is 0 Å². The Morgan fingerprint density at radius 3 is 2.58 bits per heavy atom. The smallest absolute Gasteiger partial charge is 0.155 e. The van der Waals surface area contributed by atoms with Crippen LogP contribution in [0.3, 0.4) is 0 Å². The molecule has 0 bridgehead atoms. The number of nitriles is 1. The Morgan fingerprint density at radius 2 is 1.88 bits per heavy atom. The maximum Gasteiger partial charge on any atom is 0.155 e. The molecule has 0 saturated heterocycles. The predicted octanol–water partition coefficient (Wildman–Crippen LogP) is 6.07. The number of carbonyl (C=O) groups excluding carboxylic acids is 1. The summed E-state index contributed by atoms with van der Waals surface area (Å²) >= 11 is 0. The predicted molar refractivity (Wildman–Crippen MR) is 104 cm³/mol. The fourth-order valence-corrected chi connectivity index (χ4v) is 7.67. The van der Waals surface area contributed by atoms with Gasteiger partial charge >= 0.3 is 0 Å². The molecule has 0 aromatic heterocycles. The summed E-state index contributed by atoms with van der Waals surface area (Å²) in [6.45, 7) is 6.51. The normalized spacial score (nSPS) is 44.6. The largest absolute Gasteiger partial charge is 0.295 e. The van der Waals surface area contributed by atoms with Crippen LogP contribution in [0.25, 0.3) is 0 Å². The summed E-state index contributed by atoms with van der Waals surface area (Å²) in [7, 11) is 0. The summed E-state index contributed by atoms with van der Waals surface area (Å²) in [6.07, 6.45) is 14.0. The van der Waals surface area contributed by atoms with Crippen molar-refractivity contribution in [2.45, 2.75) is 85.0 Å². The number of ketones is 1. The molecule has 0 aliphatic heterocycles. The maximum absolute atomic E-state index is 12.0. The molecule has 142 valence electrons. The van der Waals surface area contributed by atoms with Crippen LogP contribution in [0, 0.1) is 51.8 Å². The van der Waals surface area contributed by atoms with E-state index in [1.54, 1.807) is 5.57 Å². The Hall–Kier alpha value is -1.10. The van der Waals surface area contributed by atoms with E-state index in [0.717, 1.165) is 37.0 Å². The van der Waals surface area contributed by atoms with Crippen LogP contribution in [0.15, 0.2) is 11.6 Å². The van der Waals surface area contributed by atoms with E-state index in [1.807, 2.05) is 13.8 Å². The fourth-order valence-electron chi connectivity index (χ4n) is 7.67. The number of rotatable bonds is 1. The standard InChI is InChI=1S/C22H29NO.C2H6/c1-21-8-6-16-17-4-3-15(24)12-20(17)22(9-10-22)13-18(16)19(21)5-2-14(21)7-11-23;1-2/h12,14,16-19H,2-10,13H2,1H3;1-2H3. The lowest BCUT2D eigenvalue weighted by Gasteiger charge is -2.56. The van der Waals surface area contributed by atoms with Gasteiger partial charge in [0, 0.05) is 12.8 Å². The highest BCUT2D eigenvalue weighted by molar-refractivity contribution is 5.91. The van der Waals surface area contributed by atoms with Gasteiger partial charge in [-0.15, -0.1) is 0 Å². The molecular formula is C24H35NO. The van der Waals surface area contributed by atoms with Crippen LogP contribution in [-0.4, -0.2) is 5.78 Å². The van der Waals surface area contributed by atoms with Crippen molar-refractivity contribution in [2.75, 3.05) is 0 Å². The van der Waals surface area contributed by atoms with Crippen LogP contribution in [0.1, 0.15) is 85.0 Å². The summed E-state index contributed by atoms with van der Waals surface area (Å²) < 4.78 is 0. The van der Waals surface area contributed by atoms with Crippen LogP contribution in [0.2, 0.25) is 0 Å². The molecule has 4 fully saturated rings. The third-order valence-electron chi connectivity index (χ3n) is 9.05. The summed E-state index contributed by atoms with van der Waals surface area (Å²) in [5.41, 5.74) is 2.42. The SMILES string of the molecule is CC.CC12CCC3C4CCC(=O)C=C4C4(CC4)CC3C1CCC2CC#N. The zero-order valence-corrected chi connectivity index (χ0v) is 16.9. The van der Waals surface area contributed by atoms with Gasteiger partial charge in [-0.1, -0.05) is 26.3 Å². The molecule has 2 nitrogen and oxygen atoms in total. The molecule has 0 radical (unpaired) electrons. The van der Waals surface area contributed by atoms with E-state index in [4.69, 9.17) is 0 Å². The number of nitrogens with zero attached hydrogens (tertiary/aromatic N) is 1. The molecule has 5 aliphatic rings. The van der Waals surface area contributed by atoms with Crippen molar-refractivity contribution >= 4 is 5.78 Å². The van der Waals surface area contributed by atoms with Gasteiger partial charge in [-0.2, -0.15) is 5.26 Å². The minimum atomic E-state index is 0.390. The third kappa shape index (κ3) is 2.53. The lowest BCUT2D eigenvalue weighted by Crippen LogP contribution is -2.48.